The number of nitrogens with one attached hydrogen (secondary N) is 1. The van der Waals surface area contributed by atoms with E-state index >= 15 is 0 Å². The lowest BCUT2D eigenvalue weighted by atomic mass is 9.98. The molecule has 0 saturated heterocycles. The van der Waals surface area contributed by atoms with Crippen LogP contribution >= 0.6 is 11.8 Å². The molecule has 1 N–H and O–H groups in total. The number of carbonyl (C=O) groups excluding carboxylic acids is 1. The number of rotatable bonds is 7. The van der Waals surface area contributed by atoms with Gasteiger partial charge in [-0.2, -0.15) is 11.8 Å². The zero-order valence-electron chi connectivity index (χ0n) is 18.7. The van der Waals surface area contributed by atoms with Gasteiger partial charge in [0, 0.05) is 22.0 Å². The van der Waals surface area contributed by atoms with Crippen LogP contribution in [0.3, 0.4) is 0 Å². The highest BCUT2D eigenvalue weighted by molar-refractivity contribution is 7.99. The first-order valence-electron chi connectivity index (χ1n) is 11.8. The van der Waals surface area contributed by atoms with E-state index in [0.717, 1.165) is 33.4 Å². The minimum atomic E-state index is -0.244. The fraction of sp³-hybridized carbons (Fsp3) is 0.276. The first kappa shape index (κ1) is 21.8. The van der Waals surface area contributed by atoms with Crippen molar-refractivity contribution >= 4 is 28.6 Å². The molecule has 4 heteroatoms. The van der Waals surface area contributed by atoms with Crippen molar-refractivity contribution in [1.29, 1.82) is 0 Å². The van der Waals surface area contributed by atoms with Crippen molar-refractivity contribution < 1.29 is 9.21 Å². The summed E-state index contributed by atoms with van der Waals surface area (Å²) >= 11 is 1.97. The predicted octanol–water partition coefficient (Wildman–Crippen LogP) is 7.52. The smallest absolute Gasteiger partial charge is 0.288 e. The third kappa shape index (κ3) is 5.01. The zero-order chi connectivity index (χ0) is 22.5. The molecule has 4 aromatic rings. The summed E-state index contributed by atoms with van der Waals surface area (Å²) in [6.07, 6.45) is 6.51. The average Bonchev–Trinajstić information content (AvgIpc) is 3.26. The van der Waals surface area contributed by atoms with Crippen LogP contribution in [0.5, 0.6) is 0 Å². The number of amides is 1. The monoisotopic (exact) mass is 455 g/mol. The lowest BCUT2D eigenvalue weighted by Gasteiger charge is -2.21. The van der Waals surface area contributed by atoms with Gasteiger partial charge >= 0.3 is 0 Å². The number of carbonyl (C=O) groups is 1. The van der Waals surface area contributed by atoms with Crippen LogP contribution in [0.4, 0.5) is 0 Å². The van der Waals surface area contributed by atoms with E-state index in [1.807, 2.05) is 66.4 Å². The number of furan rings is 1. The van der Waals surface area contributed by atoms with Crippen LogP contribution in [0.1, 0.15) is 65.4 Å². The van der Waals surface area contributed by atoms with E-state index in [0.29, 0.717) is 11.0 Å². The maximum Gasteiger partial charge on any atom is 0.288 e. The van der Waals surface area contributed by atoms with E-state index in [9.17, 15) is 4.79 Å². The van der Waals surface area contributed by atoms with Gasteiger partial charge in [-0.25, -0.2) is 0 Å². The van der Waals surface area contributed by atoms with Crippen LogP contribution in [0, 0.1) is 0 Å². The maximum absolute atomic E-state index is 13.6. The zero-order valence-corrected chi connectivity index (χ0v) is 19.5. The van der Waals surface area contributed by atoms with Crippen LogP contribution in [0.15, 0.2) is 89.3 Å². The highest BCUT2D eigenvalue weighted by Crippen LogP contribution is 2.35. The molecular formula is C29H29NO2S. The Morgan fingerprint density at radius 2 is 1.45 bits per heavy atom. The highest BCUT2D eigenvalue weighted by atomic mass is 32.2. The molecule has 1 heterocycles. The number of hydrogen-bond acceptors (Lipinski definition) is 3. The molecule has 1 fully saturated rings. The van der Waals surface area contributed by atoms with E-state index in [1.165, 1.54) is 32.1 Å². The van der Waals surface area contributed by atoms with E-state index < -0.39 is 0 Å². The SMILES string of the molecule is O=C(NC(c1ccccc1)c1ccccc1)c1oc2ccccc2c1CSC1CCCCC1. The molecule has 0 radical (unpaired) electrons. The summed E-state index contributed by atoms with van der Waals surface area (Å²) in [7, 11) is 0. The van der Waals surface area contributed by atoms with Crippen molar-refractivity contribution in [3.8, 4) is 0 Å². The minimum Gasteiger partial charge on any atom is -0.451 e. The molecule has 0 spiro atoms. The molecule has 0 bridgehead atoms. The number of para-hydroxylation sites is 1. The molecule has 33 heavy (non-hydrogen) atoms. The van der Waals surface area contributed by atoms with Crippen molar-refractivity contribution in [2.75, 3.05) is 0 Å². The second kappa shape index (κ2) is 10.3. The molecular weight excluding hydrogens is 426 g/mol. The van der Waals surface area contributed by atoms with Crippen LogP contribution in [0.2, 0.25) is 0 Å². The molecule has 0 aliphatic heterocycles. The van der Waals surface area contributed by atoms with E-state index in [1.54, 1.807) is 0 Å². The molecule has 3 aromatic carbocycles. The number of thioether (sulfide) groups is 1. The average molecular weight is 456 g/mol. The molecule has 1 aromatic heterocycles. The normalized spacial score (nSPS) is 14.6. The van der Waals surface area contributed by atoms with E-state index in [2.05, 4.69) is 35.6 Å². The second-order valence-electron chi connectivity index (χ2n) is 8.70. The van der Waals surface area contributed by atoms with Crippen molar-refractivity contribution in [3.63, 3.8) is 0 Å². The largest absolute Gasteiger partial charge is 0.451 e. The molecule has 1 aliphatic carbocycles. The van der Waals surface area contributed by atoms with Gasteiger partial charge < -0.3 is 9.73 Å². The Labute approximate surface area is 199 Å². The first-order chi connectivity index (χ1) is 16.3. The van der Waals surface area contributed by atoms with Gasteiger partial charge in [0.15, 0.2) is 5.76 Å². The van der Waals surface area contributed by atoms with E-state index in [4.69, 9.17) is 4.42 Å². The third-order valence-corrected chi connectivity index (χ3v) is 7.86. The molecule has 0 unspecified atom stereocenters. The number of fused-ring (bicyclic) bond motifs is 1. The van der Waals surface area contributed by atoms with Gasteiger partial charge in [0.1, 0.15) is 5.58 Å². The van der Waals surface area contributed by atoms with Crippen LogP contribution in [-0.2, 0) is 5.75 Å². The summed E-state index contributed by atoms with van der Waals surface area (Å²) in [6, 6.07) is 28.0. The van der Waals surface area contributed by atoms with Crippen molar-refractivity contribution in [2.45, 2.75) is 49.1 Å². The lowest BCUT2D eigenvalue weighted by molar-refractivity contribution is 0.0916. The molecule has 3 nitrogen and oxygen atoms in total. The Balaban J connectivity index is 1.45. The Morgan fingerprint density at radius 3 is 2.12 bits per heavy atom. The summed E-state index contributed by atoms with van der Waals surface area (Å²) in [6.45, 7) is 0. The quantitative estimate of drug-likeness (QED) is 0.313. The molecule has 0 atom stereocenters. The van der Waals surface area contributed by atoms with Crippen LogP contribution < -0.4 is 5.32 Å². The number of hydrogen-bond donors (Lipinski definition) is 1. The van der Waals surface area contributed by atoms with Crippen LogP contribution in [-0.4, -0.2) is 11.2 Å². The first-order valence-corrected chi connectivity index (χ1v) is 12.9. The molecule has 1 saturated carbocycles. The predicted molar refractivity (Wildman–Crippen MR) is 137 cm³/mol. The minimum absolute atomic E-state index is 0.164. The van der Waals surface area contributed by atoms with Crippen molar-refractivity contribution in [2.24, 2.45) is 0 Å². The topological polar surface area (TPSA) is 42.2 Å². The summed E-state index contributed by atoms with van der Waals surface area (Å²) in [5.74, 6) is 1.07. The molecule has 5 rings (SSSR count). The summed E-state index contributed by atoms with van der Waals surface area (Å²) < 4.78 is 6.15. The molecule has 1 aliphatic rings. The number of benzene rings is 3. The Hall–Kier alpha value is -2.98. The molecule has 168 valence electrons. The third-order valence-electron chi connectivity index (χ3n) is 6.46. The van der Waals surface area contributed by atoms with Crippen LogP contribution in [0.25, 0.3) is 11.0 Å². The van der Waals surface area contributed by atoms with Crippen molar-refractivity contribution in [1.82, 2.24) is 5.32 Å². The second-order valence-corrected chi connectivity index (χ2v) is 9.99. The lowest BCUT2D eigenvalue weighted by Crippen LogP contribution is -2.29. The van der Waals surface area contributed by atoms with Gasteiger partial charge in [-0.3, -0.25) is 4.79 Å². The fourth-order valence-electron chi connectivity index (χ4n) is 4.71. The Morgan fingerprint density at radius 1 is 0.848 bits per heavy atom. The summed E-state index contributed by atoms with van der Waals surface area (Å²) in [5.41, 5.74) is 3.88. The maximum atomic E-state index is 13.6. The summed E-state index contributed by atoms with van der Waals surface area (Å²) in [4.78, 5) is 13.6. The van der Waals surface area contributed by atoms with Gasteiger partial charge in [0.2, 0.25) is 0 Å². The highest BCUT2D eigenvalue weighted by Gasteiger charge is 2.25. The van der Waals surface area contributed by atoms with Crippen molar-refractivity contribution in [3.05, 3.63) is 107 Å². The van der Waals surface area contributed by atoms with E-state index in [-0.39, 0.29) is 11.9 Å². The van der Waals surface area contributed by atoms with Gasteiger partial charge in [0.05, 0.1) is 6.04 Å². The fourth-order valence-corrected chi connectivity index (χ4v) is 6.06. The summed E-state index contributed by atoms with van der Waals surface area (Å²) in [5, 5.41) is 4.98. The van der Waals surface area contributed by atoms with Gasteiger partial charge in [0.25, 0.3) is 5.91 Å². The Kier molecular flexibility index (Phi) is 6.82. The molecule has 1 amide bonds. The van der Waals surface area contributed by atoms with Gasteiger partial charge in [-0.05, 0) is 30.0 Å². The Bertz CT molecular complexity index is 1160. The van der Waals surface area contributed by atoms with Gasteiger partial charge in [-0.1, -0.05) is 98.1 Å². The standard InChI is InChI=1S/C29H29NO2S/c31-29(30-27(21-12-4-1-5-13-21)22-14-6-2-7-15-22)28-25(20-33-23-16-8-3-9-17-23)24-18-10-11-19-26(24)32-28/h1-2,4-7,10-15,18-19,23,27H,3,8-9,16-17,20H2,(H,30,31). The van der Waals surface area contributed by atoms with Gasteiger partial charge in [-0.15, -0.1) is 0 Å².